The third-order valence-electron chi connectivity index (χ3n) is 8.97. The van der Waals surface area contributed by atoms with Gasteiger partial charge in [-0.1, -0.05) is 13.8 Å². The fraction of sp³-hybridized carbons (Fsp3) is 0.905. The SMILES string of the molecule is CC(=O)[C@H]1CC[C@H]2[C@@H]3CC[C@H]4C[C@@H](O)CC(=O)[C@]4(C)[C@H]3CC[C@]12C. The number of hydrogen-bond acceptors (Lipinski definition) is 3. The Hall–Kier alpha value is -0.700. The molecule has 3 heteroatoms. The van der Waals surface area contributed by atoms with E-state index in [2.05, 4.69) is 13.8 Å². The van der Waals surface area contributed by atoms with E-state index in [0.717, 1.165) is 32.1 Å². The number of ketones is 2. The van der Waals surface area contributed by atoms with Gasteiger partial charge in [-0.2, -0.15) is 0 Å². The molecule has 4 aliphatic rings. The summed E-state index contributed by atoms with van der Waals surface area (Å²) >= 11 is 0. The van der Waals surface area contributed by atoms with E-state index < -0.39 is 6.10 Å². The van der Waals surface area contributed by atoms with Crippen LogP contribution in [0.5, 0.6) is 0 Å². The molecular formula is C21H32O3. The van der Waals surface area contributed by atoms with Gasteiger partial charge in [-0.3, -0.25) is 9.59 Å². The van der Waals surface area contributed by atoms with Gasteiger partial charge in [-0.15, -0.1) is 0 Å². The first-order valence-electron chi connectivity index (χ1n) is 10.00. The van der Waals surface area contributed by atoms with Crippen LogP contribution < -0.4 is 0 Å². The maximum absolute atomic E-state index is 12.9. The molecule has 0 aromatic carbocycles. The van der Waals surface area contributed by atoms with Crippen LogP contribution in [0.2, 0.25) is 0 Å². The zero-order valence-electron chi connectivity index (χ0n) is 15.4. The van der Waals surface area contributed by atoms with Gasteiger partial charge in [-0.25, -0.2) is 0 Å². The summed E-state index contributed by atoms with van der Waals surface area (Å²) in [7, 11) is 0. The molecule has 4 saturated carbocycles. The highest BCUT2D eigenvalue weighted by Gasteiger charge is 2.62. The summed E-state index contributed by atoms with van der Waals surface area (Å²) in [5.74, 6) is 2.97. The molecular weight excluding hydrogens is 300 g/mol. The van der Waals surface area contributed by atoms with E-state index in [4.69, 9.17) is 0 Å². The summed E-state index contributed by atoms with van der Waals surface area (Å²) < 4.78 is 0. The van der Waals surface area contributed by atoms with Crippen molar-refractivity contribution in [2.24, 2.45) is 40.4 Å². The second kappa shape index (κ2) is 5.40. The fourth-order valence-corrected chi connectivity index (χ4v) is 7.74. The minimum absolute atomic E-state index is 0.160. The van der Waals surface area contributed by atoms with Crippen LogP contribution in [0.3, 0.4) is 0 Å². The van der Waals surface area contributed by atoms with Crippen LogP contribution in [0, 0.1) is 40.4 Å². The van der Waals surface area contributed by atoms with Crippen molar-refractivity contribution in [1.29, 1.82) is 0 Å². The van der Waals surface area contributed by atoms with Gasteiger partial charge in [0.2, 0.25) is 0 Å². The number of Topliss-reactive ketones (excluding diaryl/α,β-unsaturated/α-hetero) is 2. The van der Waals surface area contributed by atoms with E-state index in [9.17, 15) is 14.7 Å². The molecule has 0 radical (unpaired) electrons. The number of carbonyl (C=O) groups is 2. The zero-order valence-corrected chi connectivity index (χ0v) is 15.4. The molecule has 0 amide bonds. The van der Waals surface area contributed by atoms with Gasteiger partial charge in [0, 0.05) is 17.8 Å². The van der Waals surface area contributed by atoms with Gasteiger partial charge in [-0.05, 0) is 81.0 Å². The maximum atomic E-state index is 12.9. The molecule has 0 aromatic rings. The molecule has 4 fully saturated rings. The molecule has 3 nitrogen and oxygen atoms in total. The Morgan fingerprint density at radius 3 is 2.54 bits per heavy atom. The molecule has 134 valence electrons. The highest BCUT2D eigenvalue weighted by atomic mass is 16.3. The lowest BCUT2D eigenvalue weighted by Gasteiger charge is -2.59. The average molecular weight is 332 g/mol. The molecule has 24 heavy (non-hydrogen) atoms. The van der Waals surface area contributed by atoms with Crippen LogP contribution in [0.25, 0.3) is 0 Å². The molecule has 0 aliphatic heterocycles. The summed E-state index contributed by atoms with van der Waals surface area (Å²) in [6, 6.07) is 0. The minimum atomic E-state index is -0.422. The first kappa shape index (κ1) is 16.8. The molecule has 0 unspecified atom stereocenters. The maximum Gasteiger partial charge on any atom is 0.141 e. The number of hydrogen-bond donors (Lipinski definition) is 1. The monoisotopic (exact) mass is 332 g/mol. The van der Waals surface area contributed by atoms with E-state index in [1.807, 2.05) is 0 Å². The second-order valence-electron chi connectivity index (χ2n) is 9.74. The lowest BCUT2D eigenvalue weighted by molar-refractivity contribution is -0.163. The molecule has 0 aromatic heterocycles. The van der Waals surface area contributed by atoms with Crippen molar-refractivity contribution in [2.45, 2.75) is 78.2 Å². The van der Waals surface area contributed by atoms with Crippen LogP contribution >= 0.6 is 0 Å². The Labute approximate surface area is 145 Å². The summed E-state index contributed by atoms with van der Waals surface area (Å²) in [4.78, 5) is 25.1. The van der Waals surface area contributed by atoms with Gasteiger partial charge in [0.25, 0.3) is 0 Å². The fourth-order valence-electron chi connectivity index (χ4n) is 7.74. The number of fused-ring (bicyclic) bond motifs is 5. The van der Waals surface area contributed by atoms with Crippen LogP contribution in [0.1, 0.15) is 72.1 Å². The van der Waals surface area contributed by atoms with E-state index in [0.29, 0.717) is 41.7 Å². The number of rotatable bonds is 1. The Morgan fingerprint density at radius 1 is 1.08 bits per heavy atom. The van der Waals surface area contributed by atoms with E-state index in [-0.39, 0.29) is 16.7 Å². The average Bonchev–Trinajstić information content (AvgIpc) is 2.86. The van der Waals surface area contributed by atoms with Crippen molar-refractivity contribution in [2.75, 3.05) is 0 Å². The van der Waals surface area contributed by atoms with Crippen molar-refractivity contribution in [3.05, 3.63) is 0 Å². The highest BCUT2D eigenvalue weighted by molar-refractivity contribution is 5.86. The Bertz CT molecular complexity index is 569. The Balaban J connectivity index is 1.66. The molecule has 0 saturated heterocycles. The second-order valence-corrected chi connectivity index (χ2v) is 9.74. The summed E-state index contributed by atoms with van der Waals surface area (Å²) in [6.45, 7) is 6.34. The molecule has 4 aliphatic carbocycles. The third kappa shape index (κ3) is 2.06. The predicted octanol–water partition coefficient (Wildman–Crippen LogP) is 3.77. The molecule has 0 heterocycles. The normalized spacial score (nSPS) is 53.9. The zero-order chi connectivity index (χ0) is 17.3. The van der Waals surface area contributed by atoms with Crippen LogP contribution in [0.15, 0.2) is 0 Å². The highest BCUT2D eigenvalue weighted by Crippen LogP contribution is 2.66. The van der Waals surface area contributed by atoms with Gasteiger partial charge < -0.3 is 5.11 Å². The van der Waals surface area contributed by atoms with Crippen LogP contribution in [0.4, 0.5) is 0 Å². The first-order chi connectivity index (χ1) is 11.3. The molecule has 4 rings (SSSR count). The number of carbonyl (C=O) groups excluding carboxylic acids is 2. The standard InChI is InChI=1S/C21H32O3/c1-12(22)16-6-7-17-15-5-4-13-10-14(23)11-19(24)21(13,3)18(15)8-9-20(16,17)2/h13-18,23H,4-11H2,1-3H3/t13-,14+,15-,16+,17-,18-,20+,21-/m0/s1. The number of aliphatic hydroxyl groups excluding tert-OH is 1. The van der Waals surface area contributed by atoms with Crippen molar-refractivity contribution in [1.82, 2.24) is 0 Å². The number of aliphatic hydroxyl groups is 1. The smallest absolute Gasteiger partial charge is 0.141 e. The largest absolute Gasteiger partial charge is 0.393 e. The molecule has 0 bridgehead atoms. The van der Waals surface area contributed by atoms with Gasteiger partial charge in [0.15, 0.2) is 0 Å². The van der Waals surface area contributed by atoms with Crippen LogP contribution in [-0.4, -0.2) is 22.8 Å². The molecule has 0 spiro atoms. The van der Waals surface area contributed by atoms with Crippen LogP contribution in [-0.2, 0) is 9.59 Å². The third-order valence-corrected chi connectivity index (χ3v) is 8.97. The molecule has 1 N–H and O–H groups in total. The summed E-state index contributed by atoms with van der Waals surface area (Å²) in [5, 5.41) is 10.1. The van der Waals surface area contributed by atoms with Gasteiger partial charge in [0.05, 0.1) is 6.10 Å². The van der Waals surface area contributed by atoms with Crippen molar-refractivity contribution >= 4 is 11.6 Å². The topological polar surface area (TPSA) is 54.4 Å². The van der Waals surface area contributed by atoms with Gasteiger partial charge in [0.1, 0.15) is 11.6 Å². The molecule has 8 atom stereocenters. The minimum Gasteiger partial charge on any atom is -0.393 e. The van der Waals surface area contributed by atoms with E-state index in [1.165, 1.54) is 12.8 Å². The lowest BCUT2D eigenvalue weighted by atomic mass is 9.44. The Morgan fingerprint density at radius 2 is 1.83 bits per heavy atom. The lowest BCUT2D eigenvalue weighted by Crippen LogP contribution is -2.57. The predicted molar refractivity (Wildman–Crippen MR) is 92.3 cm³/mol. The first-order valence-corrected chi connectivity index (χ1v) is 10.00. The van der Waals surface area contributed by atoms with Gasteiger partial charge >= 0.3 is 0 Å². The van der Waals surface area contributed by atoms with Crippen molar-refractivity contribution in [3.8, 4) is 0 Å². The van der Waals surface area contributed by atoms with E-state index >= 15 is 0 Å². The summed E-state index contributed by atoms with van der Waals surface area (Å²) in [5.41, 5.74) is -0.0643. The summed E-state index contributed by atoms with van der Waals surface area (Å²) in [6.07, 6.45) is 7.42. The quantitative estimate of drug-likeness (QED) is 0.795. The Kier molecular flexibility index (Phi) is 3.77. The van der Waals surface area contributed by atoms with Crippen molar-refractivity contribution in [3.63, 3.8) is 0 Å². The van der Waals surface area contributed by atoms with E-state index in [1.54, 1.807) is 6.92 Å². The van der Waals surface area contributed by atoms with Crippen molar-refractivity contribution < 1.29 is 14.7 Å².